The Labute approximate surface area is 174 Å². The first-order valence-electron chi connectivity index (χ1n) is 9.47. The van der Waals surface area contributed by atoms with E-state index in [4.69, 9.17) is 0 Å². The fourth-order valence-electron chi connectivity index (χ4n) is 4.38. The highest BCUT2D eigenvalue weighted by Gasteiger charge is 2.59. The van der Waals surface area contributed by atoms with Crippen LogP contribution in [0.25, 0.3) is 11.1 Å². The Kier molecular flexibility index (Phi) is 5.76. The summed E-state index contributed by atoms with van der Waals surface area (Å²) in [4.78, 5) is 13.2. The van der Waals surface area contributed by atoms with Crippen LogP contribution in [0.1, 0.15) is 18.4 Å². The van der Waals surface area contributed by atoms with Crippen LogP contribution in [0.4, 0.5) is 22.0 Å². The van der Waals surface area contributed by atoms with Crippen molar-refractivity contribution in [1.82, 2.24) is 9.62 Å². The summed E-state index contributed by atoms with van der Waals surface area (Å²) < 4.78 is 70.7. The van der Waals surface area contributed by atoms with E-state index in [0.717, 1.165) is 25.0 Å². The molecule has 2 fully saturated rings. The number of benzene rings is 2. The van der Waals surface area contributed by atoms with Crippen LogP contribution in [0.3, 0.4) is 0 Å². The molecule has 2 aliphatic rings. The monoisotopic (exact) mass is 442 g/mol. The molecular formula is C21H19F5N2OS. The zero-order valence-electron chi connectivity index (χ0n) is 15.8. The number of carbonyl (C=O) groups is 1. The van der Waals surface area contributed by atoms with E-state index in [0.29, 0.717) is 31.0 Å². The van der Waals surface area contributed by atoms with Gasteiger partial charge in [-0.3, -0.25) is 9.52 Å². The van der Waals surface area contributed by atoms with E-state index >= 15 is 4.39 Å². The molecule has 0 radical (unpaired) electrons. The number of nitrogens with zero attached hydrogens (tertiary/aromatic N) is 1. The van der Waals surface area contributed by atoms with Crippen molar-refractivity contribution in [3.05, 3.63) is 59.4 Å². The van der Waals surface area contributed by atoms with Crippen molar-refractivity contribution in [3.63, 3.8) is 0 Å². The second-order valence-electron chi connectivity index (χ2n) is 7.82. The van der Waals surface area contributed by atoms with E-state index in [9.17, 15) is 22.4 Å². The summed E-state index contributed by atoms with van der Waals surface area (Å²) in [6, 6.07) is 6.40. The van der Waals surface area contributed by atoms with Gasteiger partial charge in [-0.1, -0.05) is 18.2 Å². The van der Waals surface area contributed by atoms with Crippen molar-refractivity contribution in [2.24, 2.45) is 5.41 Å². The molecular weight excluding hydrogens is 423 g/mol. The molecule has 1 N–H and O–H groups in total. The maximum absolute atomic E-state index is 15.3. The number of nitrogens with one attached hydrogen (secondary N) is 1. The van der Waals surface area contributed by atoms with Crippen LogP contribution in [-0.2, 0) is 11.2 Å². The Morgan fingerprint density at radius 2 is 1.87 bits per heavy atom. The van der Waals surface area contributed by atoms with Gasteiger partial charge in [0.2, 0.25) is 6.41 Å². The quantitative estimate of drug-likeness (QED) is 0.381. The number of amides is 1. The fraction of sp³-hybridized carbons (Fsp3) is 0.381. The van der Waals surface area contributed by atoms with Crippen molar-refractivity contribution in [1.29, 1.82) is 0 Å². The molecule has 9 heteroatoms. The minimum absolute atomic E-state index is 0.0362. The Bertz CT molecular complexity index is 933. The summed E-state index contributed by atoms with van der Waals surface area (Å²) in [5.74, 6) is -4.90. The van der Waals surface area contributed by atoms with E-state index in [1.807, 2.05) is 0 Å². The molecule has 2 aromatic carbocycles. The Morgan fingerprint density at radius 3 is 2.47 bits per heavy atom. The van der Waals surface area contributed by atoms with E-state index in [-0.39, 0.29) is 28.5 Å². The van der Waals surface area contributed by atoms with E-state index < -0.39 is 35.3 Å². The second-order valence-corrected chi connectivity index (χ2v) is 8.65. The molecule has 0 bridgehead atoms. The molecule has 2 atom stereocenters. The number of hydrogen-bond donors (Lipinski definition) is 1. The fourth-order valence-corrected chi connectivity index (χ4v) is 5.04. The maximum atomic E-state index is 15.3. The second kappa shape index (κ2) is 8.19. The topological polar surface area (TPSA) is 32.3 Å². The van der Waals surface area contributed by atoms with Crippen molar-refractivity contribution in [2.75, 3.05) is 6.54 Å². The smallest absolute Gasteiger partial charge is 0.297 e. The van der Waals surface area contributed by atoms with E-state index in [1.54, 1.807) is 6.07 Å². The van der Waals surface area contributed by atoms with Gasteiger partial charge in [0.1, 0.15) is 17.5 Å². The zero-order chi connectivity index (χ0) is 21.5. The SMILES string of the molecule is O=CN1CC2(CC2)C(NSC(F)F)C1Cc1cccc(-c2cc(F)cc(F)c2)c1F. The molecule has 1 spiro atoms. The van der Waals surface area contributed by atoms with Gasteiger partial charge in [0.25, 0.3) is 5.76 Å². The van der Waals surface area contributed by atoms with Crippen LogP contribution in [-0.4, -0.2) is 35.7 Å². The van der Waals surface area contributed by atoms with Gasteiger partial charge in [-0.2, -0.15) is 8.78 Å². The molecule has 30 heavy (non-hydrogen) atoms. The third-order valence-electron chi connectivity index (χ3n) is 5.96. The highest BCUT2D eigenvalue weighted by atomic mass is 32.2. The molecule has 3 nitrogen and oxygen atoms in total. The average molecular weight is 442 g/mol. The summed E-state index contributed by atoms with van der Waals surface area (Å²) in [5.41, 5.74) is 0.0783. The number of carbonyl (C=O) groups excluding carboxylic acids is 1. The van der Waals surface area contributed by atoms with Gasteiger partial charge in [0.15, 0.2) is 0 Å². The molecule has 2 unspecified atom stereocenters. The molecule has 1 heterocycles. The van der Waals surface area contributed by atoms with Gasteiger partial charge < -0.3 is 4.90 Å². The van der Waals surface area contributed by atoms with Gasteiger partial charge in [0, 0.05) is 29.6 Å². The molecule has 1 saturated heterocycles. The van der Waals surface area contributed by atoms with Gasteiger partial charge >= 0.3 is 0 Å². The van der Waals surface area contributed by atoms with Crippen molar-refractivity contribution in [2.45, 2.75) is 37.1 Å². The first-order chi connectivity index (χ1) is 14.3. The van der Waals surface area contributed by atoms with E-state index in [1.165, 1.54) is 17.0 Å². The highest BCUT2D eigenvalue weighted by Crippen LogP contribution is 2.55. The van der Waals surface area contributed by atoms with Gasteiger partial charge in [-0.05, 0) is 54.5 Å². The summed E-state index contributed by atoms with van der Waals surface area (Å²) in [6.07, 6.45) is 2.38. The predicted molar refractivity (Wildman–Crippen MR) is 104 cm³/mol. The largest absolute Gasteiger partial charge is 0.340 e. The lowest BCUT2D eigenvalue weighted by molar-refractivity contribution is -0.119. The average Bonchev–Trinajstić information content (AvgIpc) is 3.39. The number of rotatable bonds is 7. The summed E-state index contributed by atoms with van der Waals surface area (Å²) in [7, 11) is 0. The number of likely N-dealkylation sites (tertiary alicyclic amines) is 1. The Hall–Kier alpha value is -2.13. The van der Waals surface area contributed by atoms with Crippen molar-refractivity contribution >= 4 is 18.4 Å². The minimum Gasteiger partial charge on any atom is -0.340 e. The molecule has 4 rings (SSSR count). The van der Waals surface area contributed by atoms with Gasteiger partial charge in [-0.15, -0.1) is 0 Å². The lowest BCUT2D eigenvalue weighted by Crippen LogP contribution is -2.44. The van der Waals surface area contributed by atoms with Crippen LogP contribution in [0.2, 0.25) is 0 Å². The molecule has 0 aromatic heterocycles. The lowest BCUT2D eigenvalue weighted by Gasteiger charge is -2.27. The van der Waals surface area contributed by atoms with Crippen molar-refractivity contribution in [3.8, 4) is 11.1 Å². The third kappa shape index (κ3) is 4.05. The number of alkyl halides is 2. The minimum atomic E-state index is -2.62. The normalized spacial score (nSPS) is 22.1. The van der Waals surface area contributed by atoms with Gasteiger partial charge in [-0.25, -0.2) is 13.2 Å². The summed E-state index contributed by atoms with van der Waals surface area (Å²) in [5, 5.41) is 0. The van der Waals surface area contributed by atoms with Crippen LogP contribution >= 0.6 is 11.9 Å². The Morgan fingerprint density at radius 1 is 1.17 bits per heavy atom. The number of halogens is 5. The maximum Gasteiger partial charge on any atom is 0.297 e. The van der Waals surface area contributed by atoms with Crippen LogP contribution in [0, 0.1) is 22.9 Å². The first-order valence-corrected chi connectivity index (χ1v) is 10.4. The zero-order valence-corrected chi connectivity index (χ0v) is 16.6. The predicted octanol–water partition coefficient (Wildman–Crippen LogP) is 4.76. The molecule has 1 amide bonds. The summed E-state index contributed by atoms with van der Waals surface area (Å²) >= 11 is 0.302. The third-order valence-corrected chi connectivity index (χ3v) is 6.53. The van der Waals surface area contributed by atoms with Gasteiger partial charge in [0.05, 0.1) is 6.04 Å². The summed E-state index contributed by atoms with van der Waals surface area (Å²) in [6.45, 7) is 0.430. The highest BCUT2D eigenvalue weighted by molar-refractivity contribution is 7.97. The lowest BCUT2D eigenvalue weighted by atomic mass is 9.91. The van der Waals surface area contributed by atoms with E-state index in [2.05, 4.69) is 4.72 Å². The Balaban J connectivity index is 1.64. The van der Waals surface area contributed by atoms with Crippen LogP contribution in [0.5, 0.6) is 0 Å². The molecule has 2 aromatic rings. The molecule has 1 saturated carbocycles. The molecule has 1 aliphatic carbocycles. The van der Waals surface area contributed by atoms with Crippen LogP contribution in [0.15, 0.2) is 36.4 Å². The molecule has 160 valence electrons. The van der Waals surface area contributed by atoms with Crippen LogP contribution < -0.4 is 4.72 Å². The number of hydrogen-bond acceptors (Lipinski definition) is 3. The standard InChI is InChI=1S/C21H19F5N2OS/c22-14-6-13(7-15(23)9-14)16-3-1-2-12(18(16)24)8-17-19(27-30-20(25)26)21(4-5-21)10-28(17)11-29/h1-3,6-7,9,11,17,19-20,27H,4-5,8,10H2. The van der Waals surface area contributed by atoms with Crippen molar-refractivity contribution < 1.29 is 26.7 Å². The molecule has 1 aliphatic heterocycles. The first kappa shape index (κ1) is 21.1.